The third-order valence-corrected chi connectivity index (χ3v) is 7.82. The van der Waals surface area contributed by atoms with Crippen molar-refractivity contribution in [2.45, 2.75) is 32.1 Å². The number of pyridine rings is 1. The number of benzene rings is 3. The monoisotopic (exact) mass is 626 g/mol. The van der Waals surface area contributed by atoms with Crippen molar-refractivity contribution < 1.29 is 37.6 Å². The number of aromatic nitrogens is 3. The molecule has 0 spiro atoms. The number of fused-ring (bicyclic) bond motifs is 1. The Morgan fingerprint density at radius 1 is 1.04 bits per heavy atom. The lowest BCUT2D eigenvalue weighted by atomic mass is 10.0. The summed E-state index contributed by atoms with van der Waals surface area (Å²) >= 11 is 0. The van der Waals surface area contributed by atoms with E-state index >= 15 is 8.78 Å². The molecule has 3 aromatic carbocycles. The van der Waals surface area contributed by atoms with Gasteiger partial charge in [-0.05, 0) is 54.4 Å². The Balaban J connectivity index is 1.29. The van der Waals surface area contributed by atoms with Crippen LogP contribution in [0.1, 0.15) is 39.3 Å². The zero-order chi connectivity index (χ0) is 32.4. The van der Waals surface area contributed by atoms with Crippen LogP contribution in [0.2, 0.25) is 0 Å². The third-order valence-electron chi connectivity index (χ3n) is 7.82. The number of imidazole rings is 1. The van der Waals surface area contributed by atoms with Crippen LogP contribution in [0.25, 0.3) is 22.3 Å². The minimum absolute atomic E-state index is 0.0166. The average molecular weight is 627 g/mol. The molecule has 234 valence electrons. The lowest BCUT2D eigenvalue weighted by Gasteiger charge is -2.27. The summed E-state index contributed by atoms with van der Waals surface area (Å²) in [4.78, 5) is 20.8. The highest BCUT2D eigenvalue weighted by atomic mass is 19.1. The quantitative estimate of drug-likeness (QED) is 0.190. The van der Waals surface area contributed by atoms with Gasteiger partial charge in [-0.15, -0.1) is 0 Å². The molecular weight excluding hydrogens is 598 g/mol. The third kappa shape index (κ3) is 6.05. The van der Waals surface area contributed by atoms with E-state index in [0.717, 1.165) is 18.6 Å². The molecule has 1 aliphatic heterocycles. The molecule has 1 fully saturated rings. The number of ether oxygens (including phenoxy) is 4. The van der Waals surface area contributed by atoms with Crippen molar-refractivity contribution in [3.63, 3.8) is 0 Å². The predicted molar refractivity (Wildman–Crippen MR) is 162 cm³/mol. The number of carboxylic acid groups (broad SMARTS) is 1. The first-order chi connectivity index (χ1) is 22.3. The van der Waals surface area contributed by atoms with E-state index < -0.39 is 17.6 Å². The van der Waals surface area contributed by atoms with Crippen molar-refractivity contribution in [3.8, 4) is 34.7 Å². The van der Waals surface area contributed by atoms with E-state index in [0.29, 0.717) is 46.9 Å². The lowest BCUT2D eigenvalue weighted by molar-refractivity contribution is -0.0589. The van der Waals surface area contributed by atoms with Gasteiger partial charge in [-0.1, -0.05) is 12.1 Å². The maximum Gasteiger partial charge on any atom is 0.335 e. The molecule has 0 radical (unpaired) electrons. The average Bonchev–Trinajstić information content (AvgIpc) is 3.39. The van der Waals surface area contributed by atoms with Crippen LogP contribution < -0.4 is 14.2 Å². The normalized spacial score (nSPS) is 14.0. The first-order valence-corrected chi connectivity index (χ1v) is 14.3. The number of nitrogens with zero attached hydrogens (tertiary/aromatic N) is 4. The summed E-state index contributed by atoms with van der Waals surface area (Å²) in [5.74, 6) is -1.14. The Morgan fingerprint density at radius 3 is 2.54 bits per heavy atom. The van der Waals surface area contributed by atoms with E-state index in [4.69, 9.17) is 24.2 Å². The van der Waals surface area contributed by atoms with Gasteiger partial charge in [-0.25, -0.2) is 23.5 Å². The summed E-state index contributed by atoms with van der Waals surface area (Å²) in [5.41, 5.74) is 2.24. The second-order valence-corrected chi connectivity index (χ2v) is 10.7. The van der Waals surface area contributed by atoms with Crippen molar-refractivity contribution in [1.82, 2.24) is 14.5 Å². The van der Waals surface area contributed by atoms with E-state index in [2.05, 4.69) is 16.0 Å². The van der Waals surface area contributed by atoms with Crippen LogP contribution in [0, 0.1) is 23.0 Å². The van der Waals surface area contributed by atoms with Gasteiger partial charge < -0.3 is 28.6 Å². The maximum atomic E-state index is 15.6. The molecule has 1 atom stereocenters. The molecule has 1 N–H and O–H groups in total. The molecule has 1 saturated heterocycles. The standard InChI is InChI=1S/C34H28F2N4O6/c1-43-29-10-19(16-37)6-7-20(29)18-46-32-5-3-4-27(38-32)24-15-25(35)21(11-26(24)36)14-31-39-33-28(40(31)17-23-8-9-45-23)12-22(34(41)42)13-30(33)44-2/h3-7,10-13,15,23H,8-9,14,17-18H2,1-2H3,(H,41,42)/t23-/m0/s1. The van der Waals surface area contributed by atoms with Crippen LogP contribution in [-0.4, -0.2) is 52.5 Å². The molecule has 0 amide bonds. The molecule has 12 heteroatoms. The van der Waals surface area contributed by atoms with Gasteiger partial charge >= 0.3 is 5.97 Å². The van der Waals surface area contributed by atoms with Gasteiger partial charge in [0.2, 0.25) is 5.88 Å². The second kappa shape index (κ2) is 12.8. The van der Waals surface area contributed by atoms with E-state index in [1.807, 2.05) is 0 Å². The minimum Gasteiger partial charge on any atom is -0.496 e. The second-order valence-electron chi connectivity index (χ2n) is 10.7. The first-order valence-electron chi connectivity index (χ1n) is 14.3. The summed E-state index contributed by atoms with van der Waals surface area (Å²) in [5, 5.41) is 18.8. The summed E-state index contributed by atoms with van der Waals surface area (Å²) in [6.07, 6.45) is 0.626. The van der Waals surface area contributed by atoms with E-state index in [9.17, 15) is 9.90 Å². The molecule has 3 heterocycles. The van der Waals surface area contributed by atoms with Crippen LogP contribution in [-0.2, 0) is 24.3 Å². The molecule has 0 unspecified atom stereocenters. The van der Waals surface area contributed by atoms with Crippen molar-refractivity contribution in [3.05, 3.63) is 100 Å². The van der Waals surface area contributed by atoms with Gasteiger partial charge in [0.15, 0.2) is 0 Å². The molecule has 0 aliphatic carbocycles. The maximum absolute atomic E-state index is 15.6. The predicted octanol–water partition coefficient (Wildman–Crippen LogP) is 5.92. The smallest absolute Gasteiger partial charge is 0.335 e. The van der Waals surface area contributed by atoms with Gasteiger partial charge in [0, 0.05) is 30.2 Å². The van der Waals surface area contributed by atoms with Gasteiger partial charge in [0.05, 0.1) is 55.3 Å². The Hall–Kier alpha value is -5.54. The van der Waals surface area contributed by atoms with E-state index in [-0.39, 0.29) is 53.1 Å². The van der Waals surface area contributed by atoms with Crippen molar-refractivity contribution in [1.29, 1.82) is 5.26 Å². The zero-order valence-corrected chi connectivity index (χ0v) is 24.9. The zero-order valence-electron chi connectivity index (χ0n) is 24.9. The number of nitriles is 1. The van der Waals surface area contributed by atoms with Gasteiger partial charge in [0.25, 0.3) is 0 Å². The number of halogens is 2. The molecule has 0 saturated carbocycles. The fourth-order valence-electron chi connectivity index (χ4n) is 5.31. The Kier molecular flexibility index (Phi) is 8.50. The highest BCUT2D eigenvalue weighted by Gasteiger charge is 2.25. The summed E-state index contributed by atoms with van der Waals surface area (Å²) in [7, 11) is 2.91. The topological polar surface area (TPSA) is 129 Å². The van der Waals surface area contributed by atoms with Crippen molar-refractivity contribution in [2.75, 3.05) is 20.8 Å². The minimum atomic E-state index is -1.13. The molecule has 2 aromatic heterocycles. The highest BCUT2D eigenvalue weighted by molar-refractivity contribution is 5.95. The van der Waals surface area contributed by atoms with Crippen molar-refractivity contribution >= 4 is 17.0 Å². The molecule has 1 aliphatic rings. The molecule has 10 nitrogen and oxygen atoms in total. The van der Waals surface area contributed by atoms with E-state index in [1.165, 1.54) is 26.4 Å². The van der Waals surface area contributed by atoms with Crippen LogP contribution in [0.5, 0.6) is 17.4 Å². The van der Waals surface area contributed by atoms with Gasteiger partial charge in [-0.2, -0.15) is 5.26 Å². The lowest BCUT2D eigenvalue weighted by Crippen LogP contribution is -2.31. The van der Waals surface area contributed by atoms with E-state index in [1.54, 1.807) is 41.0 Å². The van der Waals surface area contributed by atoms with Gasteiger partial charge in [-0.3, -0.25) is 0 Å². The number of methoxy groups -OCH3 is 2. The molecular formula is C34H28F2N4O6. The number of hydrogen-bond donors (Lipinski definition) is 1. The number of carbonyl (C=O) groups is 1. The number of rotatable bonds is 11. The molecule has 0 bridgehead atoms. The Bertz CT molecular complexity index is 2000. The number of hydrogen-bond acceptors (Lipinski definition) is 8. The first kappa shape index (κ1) is 30.5. The summed E-state index contributed by atoms with van der Waals surface area (Å²) < 4.78 is 55.2. The van der Waals surface area contributed by atoms with Crippen LogP contribution >= 0.6 is 0 Å². The Labute approximate surface area is 262 Å². The highest BCUT2D eigenvalue weighted by Crippen LogP contribution is 2.32. The molecule has 6 rings (SSSR count). The molecule has 46 heavy (non-hydrogen) atoms. The SMILES string of the molecule is COc1cc(C#N)ccc1COc1cccc(-c2cc(F)c(Cc3nc4c(OC)cc(C(=O)O)cc4n3C[C@@H]3CCO3)cc2F)n1. The van der Waals surface area contributed by atoms with Crippen LogP contribution in [0.3, 0.4) is 0 Å². The van der Waals surface area contributed by atoms with Crippen molar-refractivity contribution in [2.24, 2.45) is 0 Å². The fraction of sp³-hybridized carbons (Fsp3) is 0.235. The summed E-state index contributed by atoms with van der Waals surface area (Å²) in [6.45, 7) is 1.06. The summed E-state index contributed by atoms with van der Waals surface area (Å²) in [6, 6.07) is 16.9. The fourth-order valence-corrected chi connectivity index (χ4v) is 5.31. The number of carboxylic acids is 1. The largest absolute Gasteiger partial charge is 0.496 e. The van der Waals surface area contributed by atoms with Gasteiger partial charge in [0.1, 0.15) is 41.1 Å². The van der Waals surface area contributed by atoms with Crippen LogP contribution in [0.4, 0.5) is 8.78 Å². The number of aromatic carboxylic acids is 1. The van der Waals surface area contributed by atoms with Crippen LogP contribution in [0.15, 0.2) is 60.7 Å². The Morgan fingerprint density at radius 2 is 1.85 bits per heavy atom. The molecule has 5 aromatic rings.